The SMILES string of the molecule is C=CC[C@H](CCn1c(-c2ccc(F)cc2)c(-c2ccccc2)c(C(=O)Nc2ccccc2)c1C(C)C)OC(=O)/C=C/C. The molecule has 0 aliphatic heterocycles. The minimum Gasteiger partial charge on any atom is -0.459 e. The number of para-hydroxylation sites is 1. The lowest BCUT2D eigenvalue weighted by Gasteiger charge is -2.21. The topological polar surface area (TPSA) is 60.3 Å². The summed E-state index contributed by atoms with van der Waals surface area (Å²) < 4.78 is 22.0. The first kappa shape index (κ1) is 30.3. The number of carbonyl (C=O) groups is 2. The Balaban J connectivity index is 1.94. The molecule has 4 rings (SSSR count). The fourth-order valence-corrected chi connectivity index (χ4v) is 5.23. The van der Waals surface area contributed by atoms with Crippen LogP contribution in [-0.2, 0) is 16.1 Å². The van der Waals surface area contributed by atoms with Crippen LogP contribution in [0.2, 0.25) is 0 Å². The van der Waals surface area contributed by atoms with Crippen LogP contribution < -0.4 is 5.32 Å². The molecule has 42 heavy (non-hydrogen) atoms. The highest BCUT2D eigenvalue weighted by Crippen LogP contribution is 2.42. The number of esters is 1. The molecule has 1 N–H and O–H groups in total. The number of hydrogen-bond acceptors (Lipinski definition) is 3. The van der Waals surface area contributed by atoms with Crippen LogP contribution in [0, 0.1) is 5.82 Å². The third-order valence-electron chi connectivity index (χ3n) is 6.98. The number of halogens is 1. The molecule has 0 aliphatic carbocycles. The summed E-state index contributed by atoms with van der Waals surface area (Å²) in [5.41, 5.74) is 5.32. The van der Waals surface area contributed by atoms with Crippen molar-refractivity contribution in [2.45, 2.75) is 52.2 Å². The van der Waals surface area contributed by atoms with Crippen LogP contribution in [0.5, 0.6) is 0 Å². The molecule has 1 amide bonds. The first-order valence-corrected chi connectivity index (χ1v) is 14.2. The van der Waals surface area contributed by atoms with Crippen LogP contribution >= 0.6 is 0 Å². The molecule has 0 saturated heterocycles. The largest absolute Gasteiger partial charge is 0.459 e. The number of aromatic nitrogens is 1. The fourth-order valence-electron chi connectivity index (χ4n) is 5.23. The van der Waals surface area contributed by atoms with E-state index < -0.39 is 12.1 Å². The summed E-state index contributed by atoms with van der Waals surface area (Å²) in [6, 6.07) is 25.5. The molecule has 0 fully saturated rings. The number of nitrogens with one attached hydrogen (secondary N) is 1. The second-order valence-electron chi connectivity index (χ2n) is 10.4. The van der Waals surface area contributed by atoms with E-state index in [2.05, 4.69) is 30.3 Å². The molecule has 1 aromatic heterocycles. The Morgan fingerprint density at radius 2 is 1.60 bits per heavy atom. The van der Waals surface area contributed by atoms with Crippen molar-refractivity contribution in [2.75, 3.05) is 5.32 Å². The van der Waals surface area contributed by atoms with Gasteiger partial charge in [0.1, 0.15) is 11.9 Å². The van der Waals surface area contributed by atoms with Crippen LogP contribution in [-0.4, -0.2) is 22.5 Å². The number of allylic oxidation sites excluding steroid dienone is 1. The van der Waals surface area contributed by atoms with Crippen molar-refractivity contribution in [2.24, 2.45) is 0 Å². The van der Waals surface area contributed by atoms with Gasteiger partial charge in [0, 0.05) is 42.4 Å². The first-order chi connectivity index (χ1) is 20.3. The zero-order chi connectivity index (χ0) is 30.1. The lowest BCUT2D eigenvalue weighted by atomic mass is 9.94. The number of rotatable bonds is 12. The van der Waals surface area contributed by atoms with Crippen molar-refractivity contribution in [3.63, 3.8) is 0 Å². The van der Waals surface area contributed by atoms with Gasteiger partial charge in [-0.05, 0) is 60.4 Å². The van der Waals surface area contributed by atoms with E-state index in [1.165, 1.54) is 18.2 Å². The summed E-state index contributed by atoms with van der Waals surface area (Å²) in [4.78, 5) is 26.5. The van der Waals surface area contributed by atoms with E-state index in [1.807, 2.05) is 60.7 Å². The van der Waals surface area contributed by atoms with E-state index >= 15 is 0 Å². The molecule has 0 saturated carbocycles. The van der Waals surface area contributed by atoms with Gasteiger partial charge in [0.05, 0.1) is 11.3 Å². The molecular weight excluding hydrogens is 527 g/mol. The van der Waals surface area contributed by atoms with Crippen molar-refractivity contribution in [3.05, 3.63) is 127 Å². The third kappa shape index (κ3) is 7.13. The molecule has 1 heterocycles. The Morgan fingerprint density at radius 3 is 2.19 bits per heavy atom. The summed E-state index contributed by atoms with van der Waals surface area (Å²) in [6.45, 7) is 10.2. The number of nitrogens with zero attached hydrogens (tertiary/aromatic N) is 1. The molecule has 0 unspecified atom stereocenters. The van der Waals surface area contributed by atoms with Crippen LogP contribution in [0.3, 0.4) is 0 Å². The Bertz CT molecular complexity index is 1540. The lowest BCUT2D eigenvalue weighted by Crippen LogP contribution is -2.20. The van der Waals surface area contributed by atoms with Crippen LogP contribution in [0.1, 0.15) is 55.6 Å². The standard InChI is InChI=1S/C36H37FN2O3/c1-5-13-30(42-31(40)14-6-2)23-24-39-34(25(3)4)33(36(41)38-29-17-11-8-12-18-29)32(26-15-9-7-10-16-26)35(39)27-19-21-28(37)22-20-27/h5-12,14-22,25,30H,1,13,23-24H2,2-4H3,(H,38,41)/b14-6+/t30-/m1/s1. The molecule has 4 aromatic rings. The highest BCUT2D eigenvalue weighted by atomic mass is 19.1. The van der Waals surface area contributed by atoms with Gasteiger partial charge in [-0.15, -0.1) is 6.58 Å². The highest BCUT2D eigenvalue weighted by molar-refractivity contribution is 6.12. The number of ether oxygens (including phenoxy) is 1. The molecule has 0 spiro atoms. The number of carbonyl (C=O) groups excluding carboxylic acids is 2. The molecular formula is C36H37FN2O3. The summed E-state index contributed by atoms with van der Waals surface area (Å²) in [5, 5.41) is 3.09. The summed E-state index contributed by atoms with van der Waals surface area (Å²) in [6.07, 6.45) is 5.35. The first-order valence-electron chi connectivity index (χ1n) is 14.2. The van der Waals surface area contributed by atoms with Gasteiger partial charge in [0.15, 0.2) is 0 Å². The molecule has 216 valence electrons. The predicted molar refractivity (Wildman–Crippen MR) is 168 cm³/mol. The molecule has 6 heteroatoms. The number of benzene rings is 3. The van der Waals surface area contributed by atoms with Gasteiger partial charge in [-0.2, -0.15) is 0 Å². The van der Waals surface area contributed by atoms with E-state index in [9.17, 15) is 14.0 Å². The third-order valence-corrected chi connectivity index (χ3v) is 6.98. The maximum Gasteiger partial charge on any atom is 0.330 e. The minimum atomic E-state index is -0.410. The molecule has 1 atom stereocenters. The number of hydrogen-bond donors (Lipinski definition) is 1. The second kappa shape index (κ2) is 14.3. The van der Waals surface area contributed by atoms with Crippen molar-refractivity contribution in [1.82, 2.24) is 4.57 Å². The predicted octanol–water partition coefficient (Wildman–Crippen LogP) is 8.79. The van der Waals surface area contributed by atoms with Gasteiger partial charge in [-0.3, -0.25) is 4.79 Å². The zero-order valence-electron chi connectivity index (χ0n) is 24.3. The van der Waals surface area contributed by atoms with Gasteiger partial charge in [-0.25, -0.2) is 9.18 Å². The molecule has 0 aliphatic rings. The monoisotopic (exact) mass is 564 g/mol. The maximum atomic E-state index is 14.2. The Morgan fingerprint density at radius 1 is 0.952 bits per heavy atom. The molecule has 3 aromatic carbocycles. The molecule has 5 nitrogen and oxygen atoms in total. The maximum absolute atomic E-state index is 14.2. The van der Waals surface area contributed by atoms with Crippen molar-refractivity contribution >= 4 is 17.6 Å². The van der Waals surface area contributed by atoms with E-state index in [4.69, 9.17) is 4.74 Å². The van der Waals surface area contributed by atoms with E-state index in [-0.39, 0.29) is 17.6 Å². The van der Waals surface area contributed by atoms with Crippen molar-refractivity contribution in [1.29, 1.82) is 0 Å². The normalized spacial score (nSPS) is 11.9. The minimum absolute atomic E-state index is 0.0402. The smallest absolute Gasteiger partial charge is 0.330 e. The van der Waals surface area contributed by atoms with Gasteiger partial charge >= 0.3 is 5.97 Å². The Kier molecular flexibility index (Phi) is 10.3. The van der Waals surface area contributed by atoms with Gasteiger partial charge < -0.3 is 14.6 Å². The van der Waals surface area contributed by atoms with Gasteiger partial charge in [-0.1, -0.05) is 74.5 Å². The Hall–Kier alpha value is -4.71. The number of anilines is 1. The summed E-state index contributed by atoms with van der Waals surface area (Å²) >= 11 is 0. The molecule has 0 bridgehead atoms. The van der Waals surface area contributed by atoms with E-state index in [0.717, 1.165) is 28.1 Å². The zero-order valence-corrected chi connectivity index (χ0v) is 24.3. The molecule has 0 radical (unpaired) electrons. The summed E-state index contributed by atoms with van der Waals surface area (Å²) in [7, 11) is 0. The van der Waals surface area contributed by atoms with Crippen LogP contribution in [0.25, 0.3) is 22.4 Å². The van der Waals surface area contributed by atoms with E-state index in [1.54, 1.807) is 31.2 Å². The van der Waals surface area contributed by atoms with Crippen LogP contribution in [0.15, 0.2) is 110 Å². The van der Waals surface area contributed by atoms with Gasteiger partial charge in [0.25, 0.3) is 5.91 Å². The average Bonchev–Trinajstić information content (AvgIpc) is 3.33. The van der Waals surface area contributed by atoms with Crippen molar-refractivity contribution < 1.29 is 18.7 Å². The summed E-state index contributed by atoms with van der Waals surface area (Å²) in [5.74, 6) is -1.02. The van der Waals surface area contributed by atoms with Crippen molar-refractivity contribution in [3.8, 4) is 22.4 Å². The number of amides is 1. The van der Waals surface area contributed by atoms with Gasteiger partial charge in [0.2, 0.25) is 0 Å². The fraction of sp³-hybridized carbons (Fsp3) is 0.222. The van der Waals surface area contributed by atoms with Crippen LogP contribution in [0.4, 0.5) is 10.1 Å². The quantitative estimate of drug-likeness (QED) is 0.106. The highest BCUT2D eigenvalue weighted by Gasteiger charge is 2.31. The average molecular weight is 565 g/mol. The second-order valence-corrected chi connectivity index (χ2v) is 10.4. The Labute approximate surface area is 247 Å². The van der Waals surface area contributed by atoms with E-state index in [0.29, 0.717) is 30.6 Å². The lowest BCUT2D eigenvalue weighted by molar-refractivity contribution is -0.143.